The van der Waals surface area contributed by atoms with Gasteiger partial charge in [0.1, 0.15) is 18.0 Å². The number of aromatic amines is 1. The summed E-state index contributed by atoms with van der Waals surface area (Å²) in [5, 5.41) is 3.92. The third-order valence-corrected chi connectivity index (χ3v) is 8.24. The van der Waals surface area contributed by atoms with Gasteiger partial charge in [0.15, 0.2) is 0 Å². The number of carbonyl (C=O) groups is 1. The van der Waals surface area contributed by atoms with Crippen LogP contribution in [0, 0.1) is 0 Å². The average Bonchev–Trinajstić information content (AvgIpc) is 3.50. The van der Waals surface area contributed by atoms with Gasteiger partial charge in [0, 0.05) is 37.0 Å². The van der Waals surface area contributed by atoms with Crippen molar-refractivity contribution < 1.29 is 28.5 Å². The molecule has 8 nitrogen and oxygen atoms in total. The monoisotopic (exact) mass is 634 g/mol. The molecule has 0 bridgehead atoms. The highest BCUT2D eigenvalue weighted by Gasteiger charge is 2.41. The van der Waals surface area contributed by atoms with Crippen LogP contribution in [0.4, 0.5) is 0 Å². The number of benzene rings is 4. The van der Waals surface area contributed by atoms with Crippen LogP contribution in [-0.2, 0) is 50.0 Å². The minimum absolute atomic E-state index is 0.0410. The first kappa shape index (κ1) is 32.5. The maximum atomic E-state index is 11.4. The van der Waals surface area contributed by atoms with Crippen molar-refractivity contribution in [2.45, 2.75) is 64.2 Å². The fourth-order valence-corrected chi connectivity index (χ4v) is 5.85. The largest absolute Gasteiger partial charge is 0.465 e. The predicted octanol–water partition coefficient (Wildman–Crippen LogP) is 6.73. The van der Waals surface area contributed by atoms with E-state index >= 15 is 0 Å². The SMILES string of the molecule is CC(=O)NCCc1c[nH]c2ccc(O[C@@H]3CC(OCc4ccccc4)[C@H](OCc4ccccc4)C(COCc4ccccc4)O3)cc12. The number of hydrogen-bond acceptors (Lipinski definition) is 6. The van der Waals surface area contributed by atoms with Gasteiger partial charge in [-0.05, 0) is 46.9 Å². The topological polar surface area (TPSA) is 91.0 Å². The Labute approximate surface area is 276 Å². The Hall–Kier alpha value is -4.47. The number of H-pyrrole nitrogens is 1. The molecule has 2 N–H and O–H groups in total. The van der Waals surface area contributed by atoms with Gasteiger partial charge in [-0.1, -0.05) is 91.0 Å². The number of amides is 1. The van der Waals surface area contributed by atoms with E-state index < -0.39 is 12.4 Å². The van der Waals surface area contributed by atoms with Gasteiger partial charge in [0.2, 0.25) is 12.2 Å². The average molecular weight is 635 g/mol. The third-order valence-electron chi connectivity index (χ3n) is 8.24. The molecular formula is C39H42N2O6. The van der Waals surface area contributed by atoms with E-state index in [0.29, 0.717) is 51.6 Å². The molecule has 0 spiro atoms. The Bertz CT molecular complexity index is 1680. The summed E-state index contributed by atoms with van der Waals surface area (Å²) in [7, 11) is 0. The fraction of sp³-hybridized carbons (Fsp3) is 0.308. The molecule has 1 saturated heterocycles. The normalized spacial score (nSPS) is 19.4. The van der Waals surface area contributed by atoms with Crippen molar-refractivity contribution in [3.8, 4) is 5.75 Å². The minimum Gasteiger partial charge on any atom is -0.465 e. The summed E-state index contributed by atoms with van der Waals surface area (Å²) >= 11 is 0. The molecule has 244 valence electrons. The van der Waals surface area contributed by atoms with E-state index in [9.17, 15) is 4.79 Å². The lowest BCUT2D eigenvalue weighted by Crippen LogP contribution is -2.53. The number of ether oxygens (including phenoxy) is 5. The second kappa shape index (κ2) is 16.4. The second-order valence-electron chi connectivity index (χ2n) is 11.8. The molecular weight excluding hydrogens is 592 g/mol. The fourth-order valence-electron chi connectivity index (χ4n) is 5.85. The first-order valence-electron chi connectivity index (χ1n) is 16.2. The summed E-state index contributed by atoms with van der Waals surface area (Å²) in [5.41, 5.74) is 5.36. The van der Waals surface area contributed by atoms with Crippen LogP contribution in [0.5, 0.6) is 5.75 Å². The molecule has 1 aliphatic heterocycles. The van der Waals surface area contributed by atoms with Crippen molar-refractivity contribution >= 4 is 16.8 Å². The molecule has 4 aromatic carbocycles. The maximum Gasteiger partial charge on any atom is 0.216 e. The molecule has 4 atom stereocenters. The van der Waals surface area contributed by atoms with E-state index in [2.05, 4.69) is 34.6 Å². The van der Waals surface area contributed by atoms with Gasteiger partial charge in [0.25, 0.3) is 0 Å². The van der Waals surface area contributed by atoms with Crippen molar-refractivity contribution in [3.63, 3.8) is 0 Å². The number of carbonyl (C=O) groups excluding carboxylic acids is 1. The van der Waals surface area contributed by atoms with Crippen molar-refractivity contribution in [1.29, 1.82) is 0 Å². The minimum atomic E-state index is -0.586. The van der Waals surface area contributed by atoms with Gasteiger partial charge in [-0.3, -0.25) is 4.79 Å². The lowest BCUT2D eigenvalue weighted by Gasteiger charge is -2.41. The number of hydrogen-bond donors (Lipinski definition) is 2. The standard InChI is InChI=1S/C39H42N2O6/c1-28(42)40-20-19-32-23-41-35-18-17-33(21-34(32)35)46-38-22-36(44-25-30-13-7-3-8-14-30)39(45-26-31-15-9-4-10-16-31)37(47-38)27-43-24-29-11-5-2-6-12-29/h2-18,21,23,36-39,41H,19-20,22,24-27H2,1H3,(H,40,42)/t36?,37?,38-,39-/m0/s1. The van der Waals surface area contributed by atoms with Gasteiger partial charge in [-0.15, -0.1) is 0 Å². The van der Waals surface area contributed by atoms with E-state index in [-0.39, 0.29) is 18.1 Å². The summed E-state index contributed by atoms with van der Waals surface area (Å²) in [6, 6.07) is 36.3. The van der Waals surface area contributed by atoms with E-state index in [0.717, 1.165) is 33.2 Å². The van der Waals surface area contributed by atoms with Crippen LogP contribution in [0.2, 0.25) is 0 Å². The summed E-state index contributed by atoms with van der Waals surface area (Å²) in [5.74, 6) is 0.651. The smallest absolute Gasteiger partial charge is 0.216 e. The van der Waals surface area contributed by atoms with Crippen LogP contribution < -0.4 is 10.1 Å². The first-order valence-corrected chi connectivity index (χ1v) is 16.2. The van der Waals surface area contributed by atoms with Gasteiger partial charge in [-0.25, -0.2) is 0 Å². The Morgan fingerprint density at radius 3 is 2.13 bits per heavy atom. The molecule has 6 rings (SSSR count). The Balaban J connectivity index is 1.21. The summed E-state index contributed by atoms with van der Waals surface area (Å²) in [6.45, 7) is 3.72. The van der Waals surface area contributed by atoms with Crippen LogP contribution in [0.1, 0.15) is 35.6 Å². The van der Waals surface area contributed by atoms with E-state index in [1.807, 2.05) is 91.1 Å². The molecule has 0 saturated carbocycles. The van der Waals surface area contributed by atoms with Crippen LogP contribution in [0.3, 0.4) is 0 Å². The zero-order chi connectivity index (χ0) is 32.3. The molecule has 1 aromatic heterocycles. The molecule has 1 amide bonds. The molecule has 0 radical (unpaired) electrons. The van der Waals surface area contributed by atoms with Gasteiger partial charge in [0.05, 0.1) is 32.5 Å². The molecule has 47 heavy (non-hydrogen) atoms. The first-order chi connectivity index (χ1) is 23.1. The molecule has 0 aliphatic carbocycles. The van der Waals surface area contributed by atoms with E-state index in [4.69, 9.17) is 23.7 Å². The summed E-state index contributed by atoms with van der Waals surface area (Å²) in [4.78, 5) is 14.7. The molecule has 2 heterocycles. The summed E-state index contributed by atoms with van der Waals surface area (Å²) < 4.78 is 32.5. The van der Waals surface area contributed by atoms with Gasteiger partial charge >= 0.3 is 0 Å². The van der Waals surface area contributed by atoms with E-state index in [1.54, 1.807) is 0 Å². The highest BCUT2D eigenvalue weighted by molar-refractivity contribution is 5.84. The Morgan fingerprint density at radius 1 is 0.830 bits per heavy atom. The number of fused-ring (bicyclic) bond motifs is 1. The van der Waals surface area contributed by atoms with Crippen LogP contribution in [0.25, 0.3) is 10.9 Å². The zero-order valence-corrected chi connectivity index (χ0v) is 26.7. The van der Waals surface area contributed by atoms with Gasteiger partial charge < -0.3 is 34.0 Å². The molecule has 1 aliphatic rings. The lowest BCUT2D eigenvalue weighted by molar-refractivity contribution is -0.257. The van der Waals surface area contributed by atoms with Crippen molar-refractivity contribution in [3.05, 3.63) is 138 Å². The Kier molecular flexibility index (Phi) is 11.3. The van der Waals surface area contributed by atoms with Crippen LogP contribution in [0.15, 0.2) is 115 Å². The van der Waals surface area contributed by atoms with Crippen LogP contribution >= 0.6 is 0 Å². The number of rotatable bonds is 15. The number of aromatic nitrogens is 1. The quantitative estimate of drug-likeness (QED) is 0.133. The maximum absolute atomic E-state index is 11.4. The summed E-state index contributed by atoms with van der Waals surface area (Å²) in [6.07, 6.45) is 1.44. The lowest BCUT2D eigenvalue weighted by atomic mass is 10.0. The Morgan fingerprint density at radius 2 is 1.47 bits per heavy atom. The van der Waals surface area contributed by atoms with Crippen molar-refractivity contribution in [2.75, 3.05) is 13.2 Å². The molecule has 2 unspecified atom stereocenters. The molecule has 1 fully saturated rings. The van der Waals surface area contributed by atoms with Crippen molar-refractivity contribution in [2.24, 2.45) is 0 Å². The highest BCUT2D eigenvalue weighted by atomic mass is 16.7. The second-order valence-corrected chi connectivity index (χ2v) is 11.8. The highest BCUT2D eigenvalue weighted by Crippen LogP contribution is 2.31. The zero-order valence-electron chi connectivity index (χ0n) is 26.7. The van der Waals surface area contributed by atoms with Crippen molar-refractivity contribution in [1.82, 2.24) is 10.3 Å². The molecule has 5 aromatic rings. The van der Waals surface area contributed by atoms with E-state index in [1.165, 1.54) is 6.92 Å². The van der Waals surface area contributed by atoms with Crippen LogP contribution in [-0.4, -0.2) is 48.6 Å². The van der Waals surface area contributed by atoms with Gasteiger partial charge in [-0.2, -0.15) is 0 Å². The number of nitrogens with one attached hydrogen (secondary N) is 2. The third kappa shape index (κ3) is 9.30. The molecule has 8 heteroatoms. The predicted molar refractivity (Wildman–Crippen MR) is 181 cm³/mol.